The summed E-state index contributed by atoms with van der Waals surface area (Å²) < 4.78 is 37.7. The molecule has 0 aliphatic carbocycles. The fourth-order valence-electron chi connectivity index (χ4n) is 5.55. The minimum Gasteiger partial charge on any atom is -0.394 e. The Morgan fingerprint density at radius 2 is 0.644 bits per heavy atom. The van der Waals surface area contributed by atoms with Crippen LogP contribution in [-0.4, -0.2) is 221 Å². The summed E-state index contributed by atoms with van der Waals surface area (Å²) in [5.74, 6) is 0. The lowest BCUT2D eigenvalue weighted by Gasteiger charge is -2.49. The van der Waals surface area contributed by atoms with Gasteiger partial charge in [-0.1, -0.05) is 0 Å². The zero-order chi connectivity index (χ0) is 33.3. The van der Waals surface area contributed by atoms with Crippen molar-refractivity contribution in [3.63, 3.8) is 0 Å². The maximum absolute atomic E-state index is 10.9. The van der Waals surface area contributed by atoms with Crippen LogP contribution in [0, 0.1) is 0 Å². The molecule has 0 aromatic heterocycles. The van der Waals surface area contributed by atoms with E-state index < -0.39 is 149 Å². The molecular weight excluding hydrogens is 624 g/mol. The van der Waals surface area contributed by atoms with Crippen molar-refractivity contribution in [1.29, 1.82) is 0 Å². The van der Waals surface area contributed by atoms with Gasteiger partial charge in [-0.15, -0.1) is 0 Å². The first-order valence-corrected chi connectivity index (χ1v) is 14.1. The molecular formula is C24H42O21. The highest BCUT2D eigenvalue weighted by atomic mass is 16.8. The van der Waals surface area contributed by atoms with Crippen LogP contribution in [0.5, 0.6) is 0 Å². The van der Waals surface area contributed by atoms with Gasteiger partial charge in [-0.3, -0.25) is 0 Å². The first kappa shape index (κ1) is 37.0. The van der Waals surface area contributed by atoms with Gasteiger partial charge >= 0.3 is 0 Å². The predicted octanol–water partition coefficient (Wildman–Crippen LogP) is -9.75. The second-order valence-electron chi connectivity index (χ2n) is 11.1. The highest BCUT2D eigenvalue weighted by molar-refractivity contribution is 4.97. The lowest BCUT2D eigenvalue weighted by molar-refractivity contribution is -0.387. The fourth-order valence-corrected chi connectivity index (χ4v) is 5.55. The van der Waals surface area contributed by atoms with Crippen LogP contribution in [-0.2, 0) is 33.2 Å². The monoisotopic (exact) mass is 666 g/mol. The van der Waals surface area contributed by atoms with E-state index >= 15 is 0 Å². The van der Waals surface area contributed by atoms with Crippen LogP contribution in [0.2, 0.25) is 0 Å². The zero-order valence-corrected chi connectivity index (χ0v) is 23.5. The molecule has 21 nitrogen and oxygen atoms in total. The highest BCUT2D eigenvalue weighted by Crippen LogP contribution is 2.34. The molecule has 45 heavy (non-hydrogen) atoms. The van der Waals surface area contributed by atoms with Crippen LogP contribution < -0.4 is 0 Å². The van der Waals surface area contributed by atoms with Crippen molar-refractivity contribution in [2.75, 3.05) is 26.4 Å². The van der Waals surface area contributed by atoms with Gasteiger partial charge in [0.25, 0.3) is 0 Å². The van der Waals surface area contributed by atoms with Gasteiger partial charge in [-0.25, -0.2) is 0 Å². The number of rotatable bonds is 10. The Hall–Kier alpha value is -0.840. The molecule has 4 aliphatic rings. The number of aliphatic hydroxyl groups is 14. The van der Waals surface area contributed by atoms with Gasteiger partial charge in [-0.2, -0.15) is 0 Å². The second kappa shape index (κ2) is 15.6. The summed E-state index contributed by atoms with van der Waals surface area (Å²) in [4.78, 5) is 0. The Balaban J connectivity index is 1.43. The van der Waals surface area contributed by atoms with Gasteiger partial charge in [0.1, 0.15) is 97.7 Å². The van der Waals surface area contributed by atoms with E-state index in [2.05, 4.69) is 0 Å². The average molecular weight is 667 g/mol. The van der Waals surface area contributed by atoms with E-state index in [9.17, 15) is 71.5 Å². The van der Waals surface area contributed by atoms with Gasteiger partial charge in [0.2, 0.25) is 0 Å². The lowest BCUT2D eigenvalue weighted by Crippen LogP contribution is -2.67. The molecule has 0 amide bonds. The molecule has 1 unspecified atom stereocenters. The lowest BCUT2D eigenvalue weighted by atomic mass is 9.95. The Labute approximate surface area is 254 Å². The molecule has 0 spiro atoms. The summed E-state index contributed by atoms with van der Waals surface area (Å²) in [6, 6.07) is 0. The molecule has 0 saturated carbocycles. The summed E-state index contributed by atoms with van der Waals surface area (Å²) in [7, 11) is 0. The van der Waals surface area contributed by atoms with Crippen LogP contribution in [0.25, 0.3) is 0 Å². The Morgan fingerprint density at radius 1 is 0.333 bits per heavy atom. The Morgan fingerprint density at radius 3 is 1.02 bits per heavy atom. The number of hydrogen-bond acceptors (Lipinski definition) is 21. The van der Waals surface area contributed by atoms with E-state index in [1.54, 1.807) is 0 Å². The molecule has 4 rings (SSSR count). The maximum atomic E-state index is 10.9. The summed E-state index contributed by atoms with van der Waals surface area (Å²) >= 11 is 0. The van der Waals surface area contributed by atoms with E-state index in [1.807, 2.05) is 0 Å². The van der Waals surface area contributed by atoms with E-state index in [-0.39, 0.29) is 0 Å². The molecule has 20 atom stereocenters. The van der Waals surface area contributed by atoms with Gasteiger partial charge in [0.15, 0.2) is 25.2 Å². The molecule has 21 heteroatoms. The quantitative estimate of drug-likeness (QED) is 0.103. The third-order valence-corrected chi connectivity index (χ3v) is 8.20. The van der Waals surface area contributed by atoms with E-state index in [1.165, 1.54) is 0 Å². The number of hydrogen-bond donors (Lipinski definition) is 14. The highest BCUT2D eigenvalue weighted by Gasteiger charge is 2.55. The van der Waals surface area contributed by atoms with Crippen molar-refractivity contribution in [1.82, 2.24) is 0 Å². The van der Waals surface area contributed by atoms with Crippen molar-refractivity contribution < 1.29 is 105 Å². The minimum absolute atomic E-state index is 0.784. The van der Waals surface area contributed by atoms with Crippen LogP contribution >= 0.6 is 0 Å². The summed E-state index contributed by atoms with van der Waals surface area (Å²) in [6.07, 6.45) is -35.3. The molecule has 0 aromatic rings. The second-order valence-corrected chi connectivity index (χ2v) is 11.1. The van der Waals surface area contributed by atoms with Crippen LogP contribution in [0.4, 0.5) is 0 Å². The van der Waals surface area contributed by atoms with Gasteiger partial charge < -0.3 is 105 Å². The number of aliphatic hydroxyl groups excluding tert-OH is 14. The Bertz CT molecular complexity index is 910. The summed E-state index contributed by atoms with van der Waals surface area (Å²) in [6.45, 7) is -3.39. The third-order valence-electron chi connectivity index (χ3n) is 8.20. The molecule has 264 valence electrons. The largest absolute Gasteiger partial charge is 0.394 e. The smallest absolute Gasteiger partial charge is 0.187 e. The first-order valence-electron chi connectivity index (χ1n) is 14.1. The van der Waals surface area contributed by atoms with Gasteiger partial charge in [0.05, 0.1) is 26.4 Å². The molecule has 0 radical (unpaired) electrons. The van der Waals surface area contributed by atoms with Crippen LogP contribution in [0.1, 0.15) is 0 Å². The van der Waals surface area contributed by atoms with E-state index in [0.29, 0.717) is 0 Å². The zero-order valence-electron chi connectivity index (χ0n) is 23.5. The molecule has 14 N–H and O–H groups in total. The normalized spacial score (nSPS) is 52.9. The van der Waals surface area contributed by atoms with Crippen LogP contribution in [0.15, 0.2) is 0 Å². The molecule has 4 fully saturated rings. The molecule has 0 bridgehead atoms. The summed E-state index contributed by atoms with van der Waals surface area (Å²) in [5.41, 5.74) is 0. The maximum Gasteiger partial charge on any atom is 0.187 e. The van der Waals surface area contributed by atoms with Crippen molar-refractivity contribution in [3.05, 3.63) is 0 Å². The van der Waals surface area contributed by atoms with Gasteiger partial charge in [0, 0.05) is 0 Å². The van der Waals surface area contributed by atoms with Crippen molar-refractivity contribution in [3.8, 4) is 0 Å². The Kier molecular flexibility index (Phi) is 12.8. The van der Waals surface area contributed by atoms with Gasteiger partial charge in [-0.05, 0) is 0 Å². The number of ether oxygens (including phenoxy) is 7. The standard InChI is InChI=1S/C24H42O21/c25-1-5-9(29)10(30)15(35)22(40-5)44-19-7(3-27)42-24(17(37)12(19)32)45-20-8(4-28)41-23(16(36)13(20)33)43-18-6(2-26)39-21(38)14(34)11(18)31/h5-38H,1-4H2/t5-,6-,7-,8-,9-,10+,11-,12-,13-,14+,15-,16-,17-,18-,19-,20-,21?,22+,23+,24+/m1/s1. The van der Waals surface area contributed by atoms with Crippen molar-refractivity contribution in [2.24, 2.45) is 0 Å². The van der Waals surface area contributed by atoms with Crippen molar-refractivity contribution >= 4 is 0 Å². The molecule has 4 saturated heterocycles. The average Bonchev–Trinajstić information content (AvgIpc) is 3.03. The van der Waals surface area contributed by atoms with Crippen molar-refractivity contribution in [2.45, 2.75) is 123 Å². The minimum atomic E-state index is -2.02. The fraction of sp³-hybridized carbons (Fsp3) is 1.00. The van der Waals surface area contributed by atoms with E-state index in [0.717, 1.165) is 0 Å². The SMILES string of the molecule is OC[C@H]1O[C@@H](O[C@H]2[C@H](O)[C@@H](O)[C@H](O[C@H]3[C@H](O)[C@@H](O)[C@H](O[C@H]4[C@H](O)[C@H](O)C(O)O[C@@H]4CO)O[C@@H]3CO)O[C@@H]2CO)[C@H](O)[C@@H](O)[C@@H]1O. The third kappa shape index (κ3) is 7.44. The summed E-state index contributed by atoms with van der Waals surface area (Å²) in [5, 5.41) is 142. The molecule has 4 aliphatic heterocycles. The van der Waals surface area contributed by atoms with E-state index in [4.69, 9.17) is 33.2 Å². The molecule has 0 aromatic carbocycles. The molecule has 4 heterocycles. The topological polar surface area (TPSA) is 348 Å². The van der Waals surface area contributed by atoms with Crippen LogP contribution in [0.3, 0.4) is 0 Å². The first-order chi connectivity index (χ1) is 21.3. The predicted molar refractivity (Wildman–Crippen MR) is 134 cm³/mol.